The van der Waals surface area contributed by atoms with Gasteiger partial charge in [-0.1, -0.05) is 5.92 Å². The zero-order chi connectivity index (χ0) is 8.27. The van der Waals surface area contributed by atoms with Crippen LogP contribution in [0.25, 0.3) is 0 Å². The highest BCUT2D eigenvalue weighted by Crippen LogP contribution is 2.15. The van der Waals surface area contributed by atoms with Gasteiger partial charge in [-0.25, -0.2) is 4.98 Å². The van der Waals surface area contributed by atoms with Crippen LogP contribution >= 0.6 is 15.9 Å². The Kier molecular flexibility index (Phi) is 2.50. The number of pyridine rings is 1. The third-order valence-electron chi connectivity index (χ3n) is 1.25. The molecule has 0 aliphatic carbocycles. The van der Waals surface area contributed by atoms with E-state index in [4.69, 9.17) is 6.42 Å². The quantitative estimate of drug-likeness (QED) is 0.717. The van der Waals surface area contributed by atoms with Gasteiger partial charge in [0.1, 0.15) is 5.82 Å². The molecule has 0 radical (unpaired) electrons. The molecule has 3 heteroatoms. The number of hydrogen-bond donors (Lipinski definition) is 1. The Bertz CT molecular complexity index is 301. The van der Waals surface area contributed by atoms with E-state index in [9.17, 15) is 0 Å². The van der Waals surface area contributed by atoms with Crippen LogP contribution < -0.4 is 5.32 Å². The number of halogens is 1. The summed E-state index contributed by atoms with van der Waals surface area (Å²) in [6.07, 6.45) is 6.95. The number of hydrogen-bond acceptors (Lipinski definition) is 2. The van der Waals surface area contributed by atoms with Gasteiger partial charge in [0.15, 0.2) is 0 Å². The van der Waals surface area contributed by atoms with Crippen LogP contribution in [0.15, 0.2) is 16.7 Å². The van der Waals surface area contributed by atoms with E-state index in [-0.39, 0.29) is 0 Å². The fourth-order valence-corrected chi connectivity index (χ4v) is 1.08. The Morgan fingerprint density at radius 1 is 1.73 bits per heavy atom. The van der Waals surface area contributed by atoms with Crippen molar-refractivity contribution in [3.05, 3.63) is 22.3 Å². The van der Waals surface area contributed by atoms with Crippen molar-refractivity contribution in [3.8, 4) is 12.3 Å². The first-order valence-electron chi connectivity index (χ1n) is 3.08. The average Bonchev–Trinajstić information content (AvgIpc) is 2.04. The molecule has 1 N–H and O–H groups in total. The topological polar surface area (TPSA) is 24.9 Å². The maximum Gasteiger partial charge on any atom is 0.141 e. The molecule has 0 aromatic carbocycles. The van der Waals surface area contributed by atoms with Crippen LogP contribution in [0.1, 0.15) is 5.56 Å². The molecule has 0 bridgehead atoms. The summed E-state index contributed by atoms with van der Waals surface area (Å²) >= 11 is 3.28. The maximum absolute atomic E-state index is 5.24. The smallest absolute Gasteiger partial charge is 0.141 e. The van der Waals surface area contributed by atoms with Crippen molar-refractivity contribution in [1.82, 2.24) is 4.98 Å². The highest BCUT2D eigenvalue weighted by Gasteiger charge is 1.98. The van der Waals surface area contributed by atoms with Gasteiger partial charge in [-0.2, -0.15) is 0 Å². The second-order valence-electron chi connectivity index (χ2n) is 1.94. The van der Waals surface area contributed by atoms with E-state index in [0.29, 0.717) is 0 Å². The van der Waals surface area contributed by atoms with Gasteiger partial charge in [-0.3, -0.25) is 0 Å². The lowest BCUT2D eigenvalue weighted by Crippen LogP contribution is -1.95. The Labute approximate surface area is 74.2 Å². The largest absolute Gasteiger partial charge is 0.372 e. The maximum atomic E-state index is 5.24. The van der Waals surface area contributed by atoms with Crippen molar-refractivity contribution < 1.29 is 0 Å². The minimum absolute atomic E-state index is 0.732. The zero-order valence-corrected chi connectivity index (χ0v) is 7.64. The molecule has 1 aromatic heterocycles. The molecule has 0 atom stereocenters. The molecule has 11 heavy (non-hydrogen) atoms. The van der Waals surface area contributed by atoms with E-state index in [1.807, 2.05) is 6.07 Å². The molecule has 1 heterocycles. The first-order valence-corrected chi connectivity index (χ1v) is 3.87. The molecule has 0 spiro atoms. The summed E-state index contributed by atoms with van der Waals surface area (Å²) in [5.74, 6) is 3.26. The van der Waals surface area contributed by atoms with E-state index >= 15 is 0 Å². The highest BCUT2D eigenvalue weighted by molar-refractivity contribution is 9.10. The summed E-state index contributed by atoms with van der Waals surface area (Å²) in [6.45, 7) is 0. The summed E-state index contributed by atoms with van der Waals surface area (Å²) in [5, 5.41) is 2.90. The molecule has 0 aliphatic rings. The molecule has 1 rings (SSSR count). The summed E-state index contributed by atoms with van der Waals surface area (Å²) in [6, 6.07) is 1.85. The van der Waals surface area contributed by atoms with E-state index in [2.05, 4.69) is 32.2 Å². The summed E-state index contributed by atoms with van der Waals surface area (Å²) in [4.78, 5) is 4.07. The van der Waals surface area contributed by atoms with E-state index < -0.39 is 0 Å². The monoisotopic (exact) mass is 210 g/mol. The number of terminal acetylenes is 1. The molecule has 0 saturated carbocycles. The van der Waals surface area contributed by atoms with Gasteiger partial charge in [0.25, 0.3) is 0 Å². The second-order valence-corrected chi connectivity index (χ2v) is 2.86. The molecule has 0 unspecified atom stereocenters. The predicted molar refractivity (Wildman–Crippen MR) is 49.4 cm³/mol. The lowest BCUT2D eigenvalue weighted by Gasteiger charge is -2.01. The second kappa shape index (κ2) is 3.40. The zero-order valence-electron chi connectivity index (χ0n) is 6.06. The standard InChI is InChI=1S/C8H7BrN2/c1-3-6-4-7(9)5-11-8(6)10-2/h1,4-5H,2H3,(H,10,11). The highest BCUT2D eigenvalue weighted by atomic mass is 79.9. The predicted octanol–water partition coefficient (Wildman–Crippen LogP) is 1.87. The van der Waals surface area contributed by atoms with Gasteiger partial charge >= 0.3 is 0 Å². The van der Waals surface area contributed by atoms with Gasteiger partial charge in [0.2, 0.25) is 0 Å². The van der Waals surface area contributed by atoms with Crippen LogP contribution in [-0.2, 0) is 0 Å². The molecule has 1 aromatic rings. The number of nitrogens with one attached hydrogen (secondary N) is 1. The molecule has 56 valence electrons. The molecule has 0 fully saturated rings. The molecular formula is C8H7BrN2. The van der Waals surface area contributed by atoms with Gasteiger partial charge in [-0.05, 0) is 22.0 Å². The minimum Gasteiger partial charge on any atom is -0.372 e. The molecule has 2 nitrogen and oxygen atoms in total. The van der Waals surface area contributed by atoms with Crippen LogP contribution in [0.5, 0.6) is 0 Å². The molecule has 0 aliphatic heterocycles. The number of rotatable bonds is 1. The van der Waals surface area contributed by atoms with Gasteiger partial charge < -0.3 is 5.32 Å². The van der Waals surface area contributed by atoms with Gasteiger partial charge in [-0.15, -0.1) is 6.42 Å². The number of aromatic nitrogens is 1. The normalized spacial score (nSPS) is 8.82. The first-order chi connectivity index (χ1) is 5.27. The summed E-state index contributed by atoms with van der Waals surface area (Å²) in [5.41, 5.74) is 0.766. The van der Waals surface area contributed by atoms with Gasteiger partial charge in [0, 0.05) is 17.7 Å². The van der Waals surface area contributed by atoms with E-state index in [0.717, 1.165) is 15.9 Å². The van der Waals surface area contributed by atoms with Crippen LogP contribution in [0.4, 0.5) is 5.82 Å². The van der Waals surface area contributed by atoms with E-state index in [1.54, 1.807) is 13.2 Å². The molecular weight excluding hydrogens is 204 g/mol. The van der Waals surface area contributed by atoms with Crippen molar-refractivity contribution >= 4 is 21.7 Å². The van der Waals surface area contributed by atoms with E-state index in [1.165, 1.54) is 0 Å². The Hall–Kier alpha value is -1.01. The summed E-state index contributed by atoms with van der Waals surface area (Å²) in [7, 11) is 1.79. The third-order valence-corrected chi connectivity index (χ3v) is 1.68. The van der Waals surface area contributed by atoms with Gasteiger partial charge in [0.05, 0.1) is 5.56 Å². The summed E-state index contributed by atoms with van der Waals surface area (Å²) < 4.78 is 0.893. The molecule has 0 saturated heterocycles. The lowest BCUT2D eigenvalue weighted by molar-refractivity contribution is 1.26. The van der Waals surface area contributed by atoms with Crippen LogP contribution in [0.3, 0.4) is 0 Å². The first kappa shape index (κ1) is 8.09. The van der Waals surface area contributed by atoms with Crippen molar-refractivity contribution in [2.45, 2.75) is 0 Å². The van der Waals surface area contributed by atoms with Crippen molar-refractivity contribution in [3.63, 3.8) is 0 Å². The third kappa shape index (κ3) is 1.72. The number of nitrogens with zero attached hydrogens (tertiary/aromatic N) is 1. The fourth-order valence-electron chi connectivity index (χ4n) is 0.749. The fraction of sp³-hybridized carbons (Fsp3) is 0.125. The van der Waals surface area contributed by atoms with Crippen molar-refractivity contribution in [1.29, 1.82) is 0 Å². The van der Waals surface area contributed by atoms with Crippen LogP contribution in [0.2, 0.25) is 0 Å². The Morgan fingerprint density at radius 2 is 2.45 bits per heavy atom. The molecule has 0 amide bonds. The van der Waals surface area contributed by atoms with Crippen LogP contribution in [0, 0.1) is 12.3 Å². The Balaban J connectivity index is 3.19. The van der Waals surface area contributed by atoms with Crippen molar-refractivity contribution in [2.24, 2.45) is 0 Å². The minimum atomic E-state index is 0.732. The number of anilines is 1. The van der Waals surface area contributed by atoms with Crippen LogP contribution in [-0.4, -0.2) is 12.0 Å². The Morgan fingerprint density at radius 3 is 3.00 bits per heavy atom. The van der Waals surface area contributed by atoms with Crippen molar-refractivity contribution in [2.75, 3.05) is 12.4 Å². The lowest BCUT2D eigenvalue weighted by atomic mass is 10.3. The SMILES string of the molecule is C#Cc1cc(Br)cnc1NC. The average molecular weight is 211 g/mol.